The van der Waals surface area contributed by atoms with Gasteiger partial charge in [0.2, 0.25) is 0 Å². The highest BCUT2D eigenvalue weighted by Gasteiger charge is 2.30. The molecule has 2 N–H and O–H groups in total. The fourth-order valence-electron chi connectivity index (χ4n) is 1.22. The number of β-amino-alcohol motifs (C(OH)–C–C–N with tert-alkyl or cyclic N) is 2. The minimum atomic E-state index is -0.539. The molecule has 3 nitrogen and oxygen atoms in total. The van der Waals surface area contributed by atoms with Crippen LogP contribution >= 0.6 is 0 Å². The van der Waals surface area contributed by atoms with Crippen LogP contribution in [0.4, 0.5) is 0 Å². The standard InChI is InChI=1S/C7H15NO2/c1-5(2)8-3-6(9)7(10)4-8/h5-7,9-10H,3-4H2,1-2H3/t6-,7-/m1/s1. The normalized spacial score (nSPS) is 35.7. The maximum atomic E-state index is 9.13. The molecule has 1 saturated heterocycles. The van der Waals surface area contributed by atoms with Crippen molar-refractivity contribution >= 4 is 0 Å². The first-order chi connectivity index (χ1) is 4.61. The van der Waals surface area contributed by atoms with Gasteiger partial charge in [0.25, 0.3) is 0 Å². The molecule has 60 valence electrons. The molecule has 0 aromatic carbocycles. The van der Waals surface area contributed by atoms with Gasteiger partial charge in [0.1, 0.15) is 0 Å². The van der Waals surface area contributed by atoms with Gasteiger partial charge < -0.3 is 10.2 Å². The van der Waals surface area contributed by atoms with E-state index in [9.17, 15) is 0 Å². The predicted octanol–water partition coefficient (Wildman–Crippen LogP) is -0.568. The molecule has 1 fully saturated rings. The van der Waals surface area contributed by atoms with Crippen LogP contribution in [0.3, 0.4) is 0 Å². The summed E-state index contributed by atoms with van der Waals surface area (Å²) in [6, 6.07) is 0.423. The zero-order chi connectivity index (χ0) is 7.72. The molecule has 0 radical (unpaired) electrons. The summed E-state index contributed by atoms with van der Waals surface area (Å²) in [4.78, 5) is 2.06. The Labute approximate surface area is 61.3 Å². The fraction of sp³-hybridized carbons (Fsp3) is 1.00. The van der Waals surface area contributed by atoms with E-state index in [1.165, 1.54) is 0 Å². The summed E-state index contributed by atoms with van der Waals surface area (Å²) < 4.78 is 0. The van der Waals surface area contributed by atoms with Crippen LogP contribution in [0.15, 0.2) is 0 Å². The Morgan fingerprint density at radius 2 is 1.60 bits per heavy atom. The van der Waals surface area contributed by atoms with Gasteiger partial charge in [-0.1, -0.05) is 0 Å². The van der Waals surface area contributed by atoms with Gasteiger partial charge in [-0.05, 0) is 13.8 Å². The maximum Gasteiger partial charge on any atom is 0.0938 e. The summed E-state index contributed by atoms with van der Waals surface area (Å²) >= 11 is 0. The smallest absolute Gasteiger partial charge is 0.0938 e. The van der Waals surface area contributed by atoms with E-state index in [1.807, 2.05) is 0 Å². The molecule has 3 heteroatoms. The molecule has 1 aliphatic heterocycles. The summed E-state index contributed by atoms with van der Waals surface area (Å²) in [5.74, 6) is 0. The maximum absolute atomic E-state index is 9.13. The van der Waals surface area contributed by atoms with Gasteiger partial charge in [0.05, 0.1) is 12.2 Å². The van der Waals surface area contributed by atoms with Crippen LogP contribution in [0, 0.1) is 0 Å². The Morgan fingerprint density at radius 3 is 1.80 bits per heavy atom. The highest BCUT2D eigenvalue weighted by Crippen LogP contribution is 2.12. The number of hydrogen-bond donors (Lipinski definition) is 2. The second-order valence-electron chi connectivity index (χ2n) is 3.18. The summed E-state index contributed by atoms with van der Waals surface area (Å²) in [6.45, 7) is 5.34. The van der Waals surface area contributed by atoms with E-state index in [-0.39, 0.29) is 0 Å². The molecule has 1 heterocycles. The fourth-order valence-corrected chi connectivity index (χ4v) is 1.22. The summed E-state index contributed by atoms with van der Waals surface area (Å²) in [7, 11) is 0. The highest BCUT2D eigenvalue weighted by atomic mass is 16.3. The predicted molar refractivity (Wildman–Crippen MR) is 38.7 cm³/mol. The Morgan fingerprint density at radius 1 is 1.20 bits per heavy atom. The zero-order valence-electron chi connectivity index (χ0n) is 6.49. The van der Waals surface area contributed by atoms with Crippen LogP contribution in [0.25, 0.3) is 0 Å². The molecule has 0 aromatic heterocycles. The average Bonchev–Trinajstić information content (AvgIpc) is 2.13. The van der Waals surface area contributed by atoms with Crippen LogP contribution < -0.4 is 0 Å². The lowest BCUT2D eigenvalue weighted by atomic mass is 10.3. The van der Waals surface area contributed by atoms with Crippen LogP contribution in [-0.4, -0.2) is 46.5 Å². The van der Waals surface area contributed by atoms with Crippen molar-refractivity contribution in [3.8, 4) is 0 Å². The summed E-state index contributed by atoms with van der Waals surface area (Å²) in [5.41, 5.74) is 0. The molecule has 10 heavy (non-hydrogen) atoms. The van der Waals surface area contributed by atoms with E-state index in [1.54, 1.807) is 0 Å². The molecule has 2 atom stereocenters. The van der Waals surface area contributed by atoms with Crippen LogP contribution in [0.5, 0.6) is 0 Å². The molecular weight excluding hydrogens is 130 g/mol. The Hall–Kier alpha value is -0.120. The van der Waals surface area contributed by atoms with Crippen molar-refractivity contribution < 1.29 is 10.2 Å². The van der Waals surface area contributed by atoms with E-state index in [0.717, 1.165) is 0 Å². The summed E-state index contributed by atoms with van der Waals surface area (Å²) in [6.07, 6.45) is -1.08. The molecule has 0 spiro atoms. The second kappa shape index (κ2) is 2.86. The first-order valence-electron chi connectivity index (χ1n) is 3.71. The molecular formula is C7H15NO2. The van der Waals surface area contributed by atoms with Gasteiger partial charge in [0.15, 0.2) is 0 Å². The molecule has 0 saturated carbocycles. The lowest BCUT2D eigenvalue weighted by Gasteiger charge is -2.18. The quantitative estimate of drug-likeness (QED) is 0.519. The number of aliphatic hydroxyl groups excluding tert-OH is 2. The number of aliphatic hydroxyl groups is 2. The number of likely N-dealkylation sites (tertiary alicyclic amines) is 1. The second-order valence-corrected chi connectivity index (χ2v) is 3.18. The van der Waals surface area contributed by atoms with E-state index in [0.29, 0.717) is 19.1 Å². The molecule has 1 rings (SSSR count). The largest absolute Gasteiger partial charge is 0.389 e. The monoisotopic (exact) mass is 145 g/mol. The van der Waals surface area contributed by atoms with Crippen molar-refractivity contribution in [3.05, 3.63) is 0 Å². The van der Waals surface area contributed by atoms with Crippen molar-refractivity contribution in [3.63, 3.8) is 0 Å². The lowest BCUT2D eigenvalue weighted by Crippen LogP contribution is -2.29. The van der Waals surface area contributed by atoms with Gasteiger partial charge in [-0.3, -0.25) is 4.90 Å². The Bertz CT molecular complexity index is 106. The van der Waals surface area contributed by atoms with Crippen LogP contribution in [-0.2, 0) is 0 Å². The van der Waals surface area contributed by atoms with Crippen molar-refractivity contribution in [2.45, 2.75) is 32.1 Å². The van der Waals surface area contributed by atoms with Gasteiger partial charge >= 0.3 is 0 Å². The van der Waals surface area contributed by atoms with Crippen molar-refractivity contribution in [2.24, 2.45) is 0 Å². The number of hydrogen-bond acceptors (Lipinski definition) is 3. The first kappa shape index (κ1) is 7.98. The van der Waals surface area contributed by atoms with E-state index < -0.39 is 12.2 Å². The minimum Gasteiger partial charge on any atom is -0.389 e. The van der Waals surface area contributed by atoms with E-state index in [2.05, 4.69) is 18.7 Å². The minimum absolute atomic E-state index is 0.423. The van der Waals surface area contributed by atoms with Crippen molar-refractivity contribution in [1.82, 2.24) is 4.90 Å². The Balaban J connectivity index is 2.41. The van der Waals surface area contributed by atoms with Crippen molar-refractivity contribution in [2.75, 3.05) is 13.1 Å². The van der Waals surface area contributed by atoms with Crippen molar-refractivity contribution in [1.29, 1.82) is 0 Å². The average molecular weight is 145 g/mol. The molecule has 0 aromatic rings. The van der Waals surface area contributed by atoms with Crippen LogP contribution in [0.2, 0.25) is 0 Å². The van der Waals surface area contributed by atoms with Gasteiger partial charge in [-0.2, -0.15) is 0 Å². The number of rotatable bonds is 1. The summed E-state index contributed by atoms with van der Waals surface area (Å²) in [5, 5.41) is 18.3. The van der Waals surface area contributed by atoms with E-state index >= 15 is 0 Å². The number of nitrogens with zero attached hydrogens (tertiary/aromatic N) is 1. The van der Waals surface area contributed by atoms with Gasteiger partial charge in [-0.25, -0.2) is 0 Å². The SMILES string of the molecule is CC(C)N1C[C@@H](O)[C@H](O)C1. The van der Waals surface area contributed by atoms with Gasteiger partial charge in [0, 0.05) is 19.1 Å². The molecule has 0 unspecified atom stereocenters. The molecule has 0 bridgehead atoms. The third-order valence-electron chi connectivity index (χ3n) is 2.02. The lowest BCUT2D eigenvalue weighted by molar-refractivity contribution is 0.0572. The third-order valence-corrected chi connectivity index (χ3v) is 2.02. The van der Waals surface area contributed by atoms with E-state index in [4.69, 9.17) is 10.2 Å². The van der Waals surface area contributed by atoms with Crippen LogP contribution in [0.1, 0.15) is 13.8 Å². The highest BCUT2D eigenvalue weighted by molar-refractivity contribution is 4.84. The molecule has 1 aliphatic rings. The van der Waals surface area contributed by atoms with Gasteiger partial charge in [-0.15, -0.1) is 0 Å². The molecule has 0 aliphatic carbocycles. The topological polar surface area (TPSA) is 43.7 Å². The Kier molecular flexibility index (Phi) is 2.28. The molecule has 0 amide bonds. The zero-order valence-corrected chi connectivity index (χ0v) is 6.49. The third kappa shape index (κ3) is 1.48. The first-order valence-corrected chi connectivity index (χ1v) is 3.71.